The van der Waals surface area contributed by atoms with Gasteiger partial charge in [0.15, 0.2) is 15.8 Å². The van der Waals surface area contributed by atoms with Gasteiger partial charge in [0.05, 0.1) is 22.2 Å². The molecule has 0 bridgehead atoms. The van der Waals surface area contributed by atoms with Gasteiger partial charge < -0.3 is 9.47 Å². The number of rotatable bonds is 7. The van der Waals surface area contributed by atoms with E-state index in [4.69, 9.17) is 33.3 Å². The molecule has 0 aliphatic carbocycles. The van der Waals surface area contributed by atoms with Crippen LogP contribution in [0.5, 0.6) is 11.5 Å². The lowest BCUT2D eigenvalue weighted by molar-refractivity contribution is -0.113. The number of hydrogen-bond acceptors (Lipinski definition) is 5. The number of thiocarbonyl (C=S) groups is 1. The zero-order chi connectivity index (χ0) is 25.1. The van der Waals surface area contributed by atoms with E-state index in [0.29, 0.717) is 39.0 Å². The van der Waals surface area contributed by atoms with Crippen LogP contribution in [0.4, 0.5) is 5.69 Å². The van der Waals surface area contributed by atoms with E-state index in [9.17, 15) is 4.79 Å². The molecule has 180 valence electrons. The summed E-state index contributed by atoms with van der Waals surface area (Å²) in [6.07, 6.45) is 1.78. The van der Waals surface area contributed by atoms with Gasteiger partial charge >= 0.3 is 0 Å². The lowest BCUT2D eigenvalue weighted by atomic mass is 10.1. The zero-order valence-corrected chi connectivity index (χ0v) is 21.8. The van der Waals surface area contributed by atoms with Crippen LogP contribution in [0.1, 0.15) is 18.1 Å². The van der Waals surface area contributed by atoms with E-state index in [0.717, 1.165) is 22.2 Å². The van der Waals surface area contributed by atoms with Gasteiger partial charge in [-0.3, -0.25) is 9.69 Å². The highest BCUT2D eigenvalue weighted by Gasteiger charge is 2.33. The molecule has 0 radical (unpaired) electrons. The number of anilines is 1. The fraction of sp³-hybridized carbons (Fsp3) is 0.103. The molecule has 0 N–H and O–H groups in total. The predicted octanol–water partition coefficient (Wildman–Crippen LogP) is 7.88. The van der Waals surface area contributed by atoms with Crippen LogP contribution >= 0.6 is 35.6 Å². The van der Waals surface area contributed by atoms with Crippen molar-refractivity contribution in [1.29, 1.82) is 0 Å². The second kappa shape index (κ2) is 10.7. The fourth-order valence-corrected chi connectivity index (χ4v) is 5.55. The summed E-state index contributed by atoms with van der Waals surface area (Å²) in [5.41, 5.74) is 2.50. The van der Waals surface area contributed by atoms with E-state index in [1.807, 2.05) is 61.5 Å². The lowest BCUT2D eigenvalue weighted by Crippen LogP contribution is -2.27. The maximum Gasteiger partial charge on any atom is 0.270 e. The lowest BCUT2D eigenvalue weighted by Gasteiger charge is -2.15. The minimum Gasteiger partial charge on any atom is -0.490 e. The van der Waals surface area contributed by atoms with E-state index in [2.05, 4.69) is 24.3 Å². The minimum atomic E-state index is -0.165. The van der Waals surface area contributed by atoms with Crippen LogP contribution in [0.3, 0.4) is 0 Å². The van der Waals surface area contributed by atoms with Crippen LogP contribution in [0.15, 0.2) is 89.8 Å². The van der Waals surface area contributed by atoms with E-state index < -0.39 is 0 Å². The number of benzene rings is 4. The summed E-state index contributed by atoms with van der Waals surface area (Å²) in [6, 6.07) is 27.4. The summed E-state index contributed by atoms with van der Waals surface area (Å²) in [5, 5.41) is 2.74. The van der Waals surface area contributed by atoms with Crippen molar-refractivity contribution in [3.05, 3.63) is 106 Å². The summed E-state index contributed by atoms with van der Waals surface area (Å²) < 4.78 is 12.5. The van der Waals surface area contributed by atoms with E-state index in [-0.39, 0.29) is 5.91 Å². The van der Waals surface area contributed by atoms with Gasteiger partial charge in [0.25, 0.3) is 5.91 Å². The number of halogens is 1. The second-order valence-electron chi connectivity index (χ2n) is 8.09. The summed E-state index contributed by atoms with van der Waals surface area (Å²) in [7, 11) is 0. The Morgan fingerprint density at radius 2 is 1.69 bits per heavy atom. The average molecular weight is 532 g/mol. The van der Waals surface area contributed by atoms with Crippen molar-refractivity contribution in [2.24, 2.45) is 0 Å². The van der Waals surface area contributed by atoms with Crippen molar-refractivity contribution < 1.29 is 14.3 Å². The Kier molecular flexibility index (Phi) is 7.28. The summed E-state index contributed by atoms with van der Waals surface area (Å²) in [5.74, 6) is 0.832. The molecular weight excluding hydrogens is 510 g/mol. The van der Waals surface area contributed by atoms with Crippen molar-refractivity contribution in [3.63, 3.8) is 0 Å². The summed E-state index contributed by atoms with van der Waals surface area (Å²) in [4.78, 5) is 15.2. The first kappa shape index (κ1) is 24.4. The fourth-order valence-electron chi connectivity index (χ4n) is 3.98. The van der Waals surface area contributed by atoms with Crippen molar-refractivity contribution in [2.75, 3.05) is 11.5 Å². The van der Waals surface area contributed by atoms with Crippen LogP contribution in [0.2, 0.25) is 5.02 Å². The average Bonchev–Trinajstić information content (AvgIpc) is 3.16. The third-order valence-electron chi connectivity index (χ3n) is 5.63. The SMILES string of the molecule is CCOc1cc(/C=C2/SC(=S)N(c3ccccc3)C2=O)cc(Cl)c1OCc1ccc2ccccc2c1. The molecule has 4 aromatic carbocycles. The highest BCUT2D eigenvalue weighted by Crippen LogP contribution is 2.40. The van der Waals surface area contributed by atoms with Gasteiger partial charge in [-0.05, 0) is 65.2 Å². The van der Waals surface area contributed by atoms with Gasteiger partial charge in [-0.1, -0.05) is 90.2 Å². The molecule has 1 fully saturated rings. The Morgan fingerprint density at radius 1 is 0.944 bits per heavy atom. The van der Waals surface area contributed by atoms with Crippen molar-refractivity contribution in [2.45, 2.75) is 13.5 Å². The first-order chi connectivity index (χ1) is 17.5. The number of ether oxygens (including phenoxy) is 2. The number of carbonyl (C=O) groups excluding carboxylic acids is 1. The number of hydrogen-bond donors (Lipinski definition) is 0. The van der Waals surface area contributed by atoms with Crippen LogP contribution in [0.25, 0.3) is 16.8 Å². The van der Waals surface area contributed by atoms with Crippen LogP contribution in [-0.2, 0) is 11.4 Å². The zero-order valence-electron chi connectivity index (χ0n) is 19.4. The molecular formula is C29H22ClNO3S2. The molecule has 0 aromatic heterocycles. The van der Waals surface area contributed by atoms with Gasteiger partial charge in [-0.25, -0.2) is 0 Å². The number of amides is 1. The number of nitrogens with zero attached hydrogens (tertiary/aromatic N) is 1. The Bertz CT molecular complexity index is 1490. The standard InChI is InChI=1S/C29H22ClNO3S2/c1-2-33-25-16-20(17-26-28(32)31(29(35)36-26)23-10-4-3-5-11-23)15-24(30)27(25)34-18-19-12-13-21-8-6-7-9-22(21)14-19/h3-17H,2,18H2,1H3/b26-17+. The summed E-state index contributed by atoms with van der Waals surface area (Å²) in [6.45, 7) is 2.70. The molecule has 0 unspecified atom stereocenters. The molecule has 1 heterocycles. The topological polar surface area (TPSA) is 38.8 Å². The molecule has 4 aromatic rings. The number of fused-ring (bicyclic) bond motifs is 1. The number of thioether (sulfide) groups is 1. The van der Waals surface area contributed by atoms with Gasteiger partial charge in [0.1, 0.15) is 6.61 Å². The van der Waals surface area contributed by atoms with Crippen LogP contribution < -0.4 is 14.4 Å². The Labute approximate surface area is 224 Å². The number of carbonyl (C=O) groups is 1. The first-order valence-corrected chi connectivity index (χ1v) is 13.0. The smallest absolute Gasteiger partial charge is 0.270 e. The molecule has 0 spiro atoms. The summed E-state index contributed by atoms with van der Waals surface area (Å²) >= 11 is 13.4. The highest BCUT2D eigenvalue weighted by molar-refractivity contribution is 8.27. The molecule has 4 nitrogen and oxygen atoms in total. The molecule has 36 heavy (non-hydrogen) atoms. The molecule has 1 saturated heterocycles. The first-order valence-electron chi connectivity index (χ1n) is 11.4. The molecule has 5 rings (SSSR count). The third-order valence-corrected chi connectivity index (χ3v) is 7.22. The largest absolute Gasteiger partial charge is 0.490 e. The van der Waals surface area contributed by atoms with Crippen LogP contribution in [0, 0.1) is 0 Å². The Morgan fingerprint density at radius 3 is 2.47 bits per heavy atom. The number of para-hydroxylation sites is 1. The second-order valence-corrected chi connectivity index (χ2v) is 10.2. The van der Waals surface area contributed by atoms with Gasteiger partial charge in [0, 0.05) is 0 Å². The van der Waals surface area contributed by atoms with Gasteiger partial charge in [-0.2, -0.15) is 0 Å². The third kappa shape index (κ3) is 5.12. The van der Waals surface area contributed by atoms with Crippen molar-refractivity contribution in [3.8, 4) is 11.5 Å². The maximum absolute atomic E-state index is 13.1. The van der Waals surface area contributed by atoms with Crippen molar-refractivity contribution in [1.82, 2.24) is 0 Å². The Balaban J connectivity index is 1.40. The van der Waals surface area contributed by atoms with Gasteiger partial charge in [0.2, 0.25) is 0 Å². The van der Waals surface area contributed by atoms with Crippen molar-refractivity contribution >= 4 is 68.3 Å². The quantitative estimate of drug-likeness (QED) is 0.179. The molecule has 1 aliphatic heterocycles. The minimum absolute atomic E-state index is 0.165. The van der Waals surface area contributed by atoms with Gasteiger partial charge in [-0.15, -0.1) is 0 Å². The molecule has 7 heteroatoms. The predicted molar refractivity (Wildman–Crippen MR) is 153 cm³/mol. The molecule has 1 aliphatic rings. The van der Waals surface area contributed by atoms with Crippen LogP contribution in [-0.4, -0.2) is 16.8 Å². The molecule has 1 amide bonds. The molecule has 0 atom stereocenters. The normalized spacial score (nSPS) is 14.6. The molecule has 0 saturated carbocycles. The van der Waals surface area contributed by atoms with E-state index in [1.54, 1.807) is 12.1 Å². The maximum atomic E-state index is 13.1. The van der Waals surface area contributed by atoms with E-state index in [1.165, 1.54) is 22.0 Å². The monoisotopic (exact) mass is 531 g/mol. The Hall–Kier alpha value is -3.32. The van der Waals surface area contributed by atoms with E-state index >= 15 is 0 Å². The highest BCUT2D eigenvalue weighted by atomic mass is 35.5.